The predicted octanol–water partition coefficient (Wildman–Crippen LogP) is -1.55. The second kappa shape index (κ2) is 12.2. The number of benzene rings is 2. The van der Waals surface area contributed by atoms with Gasteiger partial charge in [-0.1, -0.05) is 6.07 Å². The number of hydrogen-bond donors (Lipinski definition) is 8. The van der Waals surface area contributed by atoms with E-state index >= 15 is 0 Å². The first-order chi connectivity index (χ1) is 20.0. The summed E-state index contributed by atoms with van der Waals surface area (Å²) in [6.07, 6.45) is -14.9. The van der Waals surface area contributed by atoms with Crippen LogP contribution in [0.25, 0.3) is 0 Å². The Bertz CT molecular complexity index is 1290. The Labute approximate surface area is 238 Å². The van der Waals surface area contributed by atoms with Crippen LogP contribution in [-0.4, -0.2) is 122 Å². The van der Waals surface area contributed by atoms with Crippen molar-refractivity contribution in [3.63, 3.8) is 0 Å². The summed E-state index contributed by atoms with van der Waals surface area (Å²) in [6, 6.07) is 6.89. The second-order valence-electron chi connectivity index (χ2n) is 10.2. The Morgan fingerprint density at radius 2 is 1.62 bits per heavy atom. The summed E-state index contributed by atoms with van der Waals surface area (Å²) in [4.78, 5) is 12.9. The topological polar surface area (TPSA) is 234 Å². The molecule has 0 aromatic heterocycles. The third-order valence-corrected chi connectivity index (χ3v) is 7.35. The van der Waals surface area contributed by atoms with Gasteiger partial charge in [-0.3, -0.25) is 4.79 Å². The number of hydrogen-bond acceptors (Lipinski definition) is 15. The zero-order valence-corrected chi connectivity index (χ0v) is 22.2. The van der Waals surface area contributed by atoms with E-state index in [0.717, 1.165) is 6.07 Å². The number of methoxy groups -OCH3 is 1. The lowest BCUT2D eigenvalue weighted by Crippen LogP contribution is -2.61. The van der Waals surface area contributed by atoms with E-state index in [1.165, 1.54) is 25.3 Å². The van der Waals surface area contributed by atoms with E-state index in [1.54, 1.807) is 6.07 Å². The fraction of sp³-hybridized carbons (Fsp3) is 0.519. The average molecular weight is 597 g/mol. The van der Waals surface area contributed by atoms with Crippen LogP contribution in [0.5, 0.6) is 28.7 Å². The molecule has 0 unspecified atom stereocenters. The zero-order valence-electron chi connectivity index (χ0n) is 22.2. The standard InChI is InChI=1S/C27H32O15/c1-37-16-3-2-10(4-12(16)28)17-7-14(30)20-13(29)5-11(6-18(20)41-17)40-27-25(36)23(34)22(33)19(42-27)9-39-26-24(35)21(32)15(31)8-38-26/h2-6,15,17,19,21-29,31-36H,7-9H2,1H3/t15-,17-,19+,21+,22+,23-,24+,25+,26-,27+/m0/s1. The van der Waals surface area contributed by atoms with Crippen molar-refractivity contribution < 1.29 is 74.1 Å². The number of carbonyl (C=O) groups is 1. The largest absolute Gasteiger partial charge is 0.507 e. The van der Waals surface area contributed by atoms with Crippen LogP contribution < -0.4 is 14.2 Å². The molecule has 15 nitrogen and oxygen atoms in total. The molecule has 10 atom stereocenters. The van der Waals surface area contributed by atoms with Crippen molar-refractivity contribution in [1.29, 1.82) is 0 Å². The molecular weight excluding hydrogens is 564 g/mol. The minimum Gasteiger partial charge on any atom is -0.507 e. The van der Waals surface area contributed by atoms with Crippen LogP contribution >= 0.6 is 0 Å². The van der Waals surface area contributed by atoms with Gasteiger partial charge in [0.1, 0.15) is 71.6 Å². The van der Waals surface area contributed by atoms with E-state index in [9.17, 15) is 45.6 Å². The van der Waals surface area contributed by atoms with Crippen molar-refractivity contribution in [2.75, 3.05) is 20.3 Å². The molecule has 5 rings (SSSR count). The number of Topliss-reactive ketones (excluding diaryl/α,β-unsaturated/α-hetero) is 1. The van der Waals surface area contributed by atoms with Crippen molar-refractivity contribution in [1.82, 2.24) is 0 Å². The molecule has 0 saturated carbocycles. The zero-order chi connectivity index (χ0) is 30.3. The van der Waals surface area contributed by atoms with E-state index in [1.807, 2.05) is 0 Å². The normalized spacial score (nSPS) is 34.8. The fourth-order valence-electron chi connectivity index (χ4n) is 4.98. The van der Waals surface area contributed by atoms with Gasteiger partial charge in [0, 0.05) is 12.1 Å². The Morgan fingerprint density at radius 3 is 2.33 bits per heavy atom. The number of rotatable bonds is 7. The minimum atomic E-state index is -1.77. The van der Waals surface area contributed by atoms with Gasteiger partial charge in [-0.15, -0.1) is 0 Å². The SMILES string of the molecule is COc1ccc([C@@H]2CC(=O)c3c(O)cc(O[C@@H]4O[C@H](CO[C@@H]5OC[C@H](O)[C@@H](O)[C@H]5O)[C@@H](O)[C@H](O)[C@H]4O)cc3O2)cc1O. The first-order valence-electron chi connectivity index (χ1n) is 13.1. The van der Waals surface area contributed by atoms with Crippen molar-refractivity contribution >= 4 is 5.78 Å². The van der Waals surface area contributed by atoms with Crippen LogP contribution in [0.3, 0.4) is 0 Å². The number of phenolic OH excluding ortho intramolecular Hbond substituents is 2. The number of carbonyl (C=O) groups excluding carboxylic acids is 1. The lowest BCUT2D eigenvalue weighted by atomic mass is 9.95. The van der Waals surface area contributed by atoms with E-state index in [4.69, 9.17) is 28.4 Å². The molecule has 3 aliphatic rings. The maximum atomic E-state index is 12.9. The third kappa shape index (κ3) is 5.83. The van der Waals surface area contributed by atoms with E-state index in [-0.39, 0.29) is 41.6 Å². The molecule has 2 fully saturated rings. The Hall–Kier alpha value is -3.25. The quantitative estimate of drug-likeness (QED) is 0.181. The molecular formula is C27H32O15. The Kier molecular flexibility index (Phi) is 8.75. The number of ketones is 1. The molecule has 2 aromatic carbocycles. The summed E-state index contributed by atoms with van der Waals surface area (Å²) < 4.78 is 32.8. The van der Waals surface area contributed by atoms with Gasteiger partial charge in [0.2, 0.25) is 6.29 Å². The van der Waals surface area contributed by atoms with E-state index in [0.29, 0.717) is 5.56 Å². The van der Waals surface area contributed by atoms with Crippen LogP contribution in [0, 0.1) is 0 Å². The average Bonchev–Trinajstić information content (AvgIpc) is 2.96. The molecule has 0 aliphatic carbocycles. The Balaban J connectivity index is 1.30. The summed E-state index contributed by atoms with van der Waals surface area (Å²) in [7, 11) is 1.39. The molecule has 0 radical (unpaired) electrons. The molecule has 2 aromatic rings. The molecule has 3 aliphatic heterocycles. The summed E-state index contributed by atoms with van der Waals surface area (Å²) in [5.41, 5.74) is 0.375. The van der Waals surface area contributed by atoms with Crippen molar-refractivity contribution in [2.45, 2.75) is 67.8 Å². The van der Waals surface area contributed by atoms with Crippen LogP contribution in [0.15, 0.2) is 30.3 Å². The highest BCUT2D eigenvalue weighted by Gasteiger charge is 2.46. The molecule has 0 spiro atoms. The summed E-state index contributed by atoms with van der Waals surface area (Å²) in [5.74, 6) is -0.994. The van der Waals surface area contributed by atoms with Gasteiger partial charge in [-0.25, -0.2) is 0 Å². The van der Waals surface area contributed by atoms with Gasteiger partial charge in [-0.05, 0) is 17.7 Å². The monoisotopic (exact) mass is 596 g/mol. The molecule has 2 saturated heterocycles. The van der Waals surface area contributed by atoms with Crippen LogP contribution in [0.4, 0.5) is 0 Å². The summed E-state index contributed by atoms with van der Waals surface area (Å²) in [6.45, 7) is -0.810. The van der Waals surface area contributed by atoms with Crippen LogP contribution in [0.2, 0.25) is 0 Å². The Morgan fingerprint density at radius 1 is 0.881 bits per heavy atom. The van der Waals surface area contributed by atoms with Crippen molar-refractivity contribution in [2.24, 2.45) is 0 Å². The number of aliphatic hydroxyl groups is 6. The van der Waals surface area contributed by atoms with E-state index < -0.39 is 79.6 Å². The predicted molar refractivity (Wildman–Crippen MR) is 136 cm³/mol. The van der Waals surface area contributed by atoms with Crippen LogP contribution in [-0.2, 0) is 14.2 Å². The maximum Gasteiger partial charge on any atom is 0.229 e. The number of aromatic hydroxyl groups is 2. The fourth-order valence-corrected chi connectivity index (χ4v) is 4.98. The van der Waals surface area contributed by atoms with Gasteiger partial charge < -0.3 is 69.3 Å². The van der Waals surface area contributed by atoms with Crippen LogP contribution in [0.1, 0.15) is 28.4 Å². The first kappa shape index (κ1) is 30.2. The van der Waals surface area contributed by atoms with Gasteiger partial charge >= 0.3 is 0 Å². The van der Waals surface area contributed by atoms with Crippen molar-refractivity contribution in [3.8, 4) is 28.7 Å². The highest BCUT2D eigenvalue weighted by Crippen LogP contribution is 2.43. The maximum absolute atomic E-state index is 12.9. The van der Waals surface area contributed by atoms with Gasteiger partial charge in [-0.2, -0.15) is 0 Å². The molecule has 8 N–H and O–H groups in total. The molecule has 0 amide bonds. The molecule has 15 heteroatoms. The first-order valence-corrected chi connectivity index (χ1v) is 13.1. The second-order valence-corrected chi connectivity index (χ2v) is 10.2. The van der Waals surface area contributed by atoms with Gasteiger partial charge in [0.15, 0.2) is 23.6 Å². The van der Waals surface area contributed by atoms with Gasteiger partial charge in [0.25, 0.3) is 0 Å². The number of phenols is 2. The number of aliphatic hydroxyl groups excluding tert-OH is 6. The highest BCUT2D eigenvalue weighted by molar-refractivity contribution is 6.02. The summed E-state index contributed by atoms with van der Waals surface area (Å²) in [5, 5.41) is 81.5. The lowest BCUT2D eigenvalue weighted by molar-refractivity contribution is -0.307. The molecule has 3 heterocycles. The highest BCUT2D eigenvalue weighted by atomic mass is 16.7. The molecule has 0 bridgehead atoms. The number of ether oxygens (including phenoxy) is 6. The molecule has 230 valence electrons. The minimum absolute atomic E-state index is 0.0449. The smallest absolute Gasteiger partial charge is 0.229 e. The molecule has 42 heavy (non-hydrogen) atoms. The summed E-state index contributed by atoms with van der Waals surface area (Å²) >= 11 is 0. The van der Waals surface area contributed by atoms with Gasteiger partial charge in [0.05, 0.1) is 26.7 Å². The lowest BCUT2D eigenvalue weighted by Gasteiger charge is -2.41. The van der Waals surface area contributed by atoms with Crippen molar-refractivity contribution in [3.05, 3.63) is 41.5 Å². The van der Waals surface area contributed by atoms with E-state index in [2.05, 4.69) is 0 Å². The number of fused-ring (bicyclic) bond motifs is 1. The third-order valence-electron chi connectivity index (χ3n) is 7.35.